The maximum Gasteiger partial charge on any atom is 0.318 e. The van der Waals surface area contributed by atoms with Crippen LogP contribution in [0.4, 0.5) is 0 Å². The van der Waals surface area contributed by atoms with E-state index in [0.717, 1.165) is 12.2 Å². The number of nitrogens with zero attached hydrogens (tertiary/aromatic N) is 1. The molecule has 0 radical (unpaired) electrons. The van der Waals surface area contributed by atoms with E-state index in [0.29, 0.717) is 19.8 Å². The Morgan fingerprint density at radius 3 is 2.88 bits per heavy atom. The molecule has 16 heavy (non-hydrogen) atoms. The lowest BCUT2D eigenvalue weighted by molar-refractivity contribution is -0.677. The summed E-state index contributed by atoms with van der Waals surface area (Å²) < 4.78 is 12.1. The fraction of sp³-hybridized carbons (Fsp3) is 0.636. The van der Waals surface area contributed by atoms with Crippen molar-refractivity contribution in [3.8, 4) is 0 Å². The number of esters is 1. The zero-order valence-corrected chi connectivity index (χ0v) is 9.86. The van der Waals surface area contributed by atoms with E-state index in [2.05, 4.69) is 4.98 Å². The van der Waals surface area contributed by atoms with Crippen LogP contribution in [-0.2, 0) is 27.7 Å². The number of H-pyrrole nitrogens is 1. The molecule has 0 saturated carbocycles. The highest BCUT2D eigenvalue weighted by atomic mass is 16.6. The highest BCUT2D eigenvalue weighted by molar-refractivity contribution is 5.71. The van der Waals surface area contributed by atoms with Crippen molar-refractivity contribution < 1.29 is 18.8 Å². The highest BCUT2D eigenvalue weighted by Gasteiger charge is 2.13. The van der Waals surface area contributed by atoms with E-state index >= 15 is 0 Å². The van der Waals surface area contributed by atoms with Crippen LogP contribution in [0.2, 0.25) is 0 Å². The van der Waals surface area contributed by atoms with Crippen LogP contribution in [0.25, 0.3) is 0 Å². The molecule has 0 fully saturated rings. The maximum absolute atomic E-state index is 11.4. The van der Waals surface area contributed by atoms with E-state index in [9.17, 15) is 4.79 Å². The summed E-state index contributed by atoms with van der Waals surface area (Å²) in [6.07, 6.45) is 4.88. The van der Waals surface area contributed by atoms with Crippen molar-refractivity contribution in [1.29, 1.82) is 0 Å². The summed E-state index contributed by atoms with van der Waals surface area (Å²) in [5.74, 6) is 0.595. The maximum atomic E-state index is 11.4. The lowest BCUT2D eigenvalue weighted by Gasteiger charge is -2.03. The minimum absolute atomic E-state index is 0.238. The van der Waals surface area contributed by atoms with Gasteiger partial charge in [0.05, 0.1) is 13.7 Å². The van der Waals surface area contributed by atoms with Gasteiger partial charge in [-0.3, -0.25) is 4.79 Å². The Hall–Kier alpha value is -1.36. The molecule has 1 aromatic heterocycles. The first kappa shape index (κ1) is 12.7. The second-order valence-electron chi connectivity index (χ2n) is 3.53. The Morgan fingerprint density at radius 2 is 2.25 bits per heavy atom. The first-order valence-corrected chi connectivity index (χ1v) is 5.49. The number of aromatic amines is 1. The van der Waals surface area contributed by atoms with Crippen LogP contribution < -0.4 is 4.57 Å². The van der Waals surface area contributed by atoms with Gasteiger partial charge in [0.25, 0.3) is 5.82 Å². The standard InChI is InChI=1S/C11H18N2O3/c1-3-6-15-7-8-16-11(14)9-10-12-4-5-13(10)2/h4-5H,3,6-9H2,1-2H3/p+1. The molecule has 5 nitrogen and oxygen atoms in total. The van der Waals surface area contributed by atoms with Gasteiger partial charge in [0, 0.05) is 6.61 Å². The van der Waals surface area contributed by atoms with E-state index in [-0.39, 0.29) is 12.4 Å². The number of aromatic nitrogens is 2. The summed E-state index contributed by atoms with van der Waals surface area (Å²) in [6.45, 7) is 3.54. The predicted molar refractivity (Wildman–Crippen MR) is 57.7 cm³/mol. The number of hydrogen-bond acceptors (Lipinski definition) is 3. The van der Waals surface area contributed by atoms with Crippen molar-refractivity contribution in [2.24, 2.45) is 7.05 Å². The molecule has 0 saturated heterocycles. The molecule has 0 atom stereocenters. The molecule has 90 valence electrons. The number of nitrogens with one attached hydrogen (secondary N) is 1. The van der Waals surface area contributed by atoms with Gasteiger partial charge in [0.1, 0.15) is 25.4 Å². The summed E-state index contributed by atoms with van der Waals surface area (Å²) in [7, 11) is 1.88. The molecule has 0 aromatic carbocycles. The third kappa shape index (κ3) is 4.44. The molecule has 0 amide bonds. The molecule has 0 spiro atoms. The van der Waals surface area contributed by atoms with Gasteiger partial charge in [-0.05, 0) is 6.42 Å². The minimum Gasteiger partial charge on any atom is -0.463 e. The van der Waals surface area contributed by atoms with Crippen molar-refractivity contribution >= 4 is 5.97 Å². The molecule has 0 aliphatic heterocycles. The molecule has 1 aromatic rings. The van der Waals surface area contributed by atoms with E-state index < -0.39 is 0 Å². The topological polar surface area (TPSA) is 55.2 Å². The van der Waals surface area contributed by atoms with Crippen LogP contribution in [0.1, 0.15) is 19.2 Å². The second-order valence-corrected chi connectivity index (χ2v) is 3.53. The van der Waals surface area contributed by atoms with Crippen molar-refractivity contribution in [3.63, 3.8) is 0 Å². The molecular formula is C11H19N2O3+. The average Bonchev–Trinajstić information content (AvgIpc) is 2.64. The van der Waals surface area contributed by atoms with Crippen LogP contribution in [0, 0.1) is 0 Å². The average molecular weight is 227 g/mol. The summed E-state index contributed by atoms with van der Waals surface area (Å²) in [4.78, 5) is 14.4. The van der Waals surface area contributed by atoms with Gasteiger partial charge in [0.2, 0.25) is 0 Å². The normalized spacial score (nSPS) is 10.4. The predicted octanol–water partition coefficient (Wildman–Crippen LogP) is 0.352. The van der Waals surface area contributed by atoms with E-state index in [1.807, 2.05) is 24.7 Å². The van der Waals surface area contributed by atoms with Crippen molar-refractivity contribution in [2.45, 2.75) is 19.8 Å². The van der Waals surface area contributed by atoms with E-state index in [4.69, 9.17) is 9.47 Å². The molecule has 1 rings (SSSR count). The van der Waals surface area contributed by atoms with Gasteiger partial charge in [-0.15, -0.1) is 0 Å². The Labute approximate surface area is 95.4 Å². The summed E-state index contributed by atoms with van der Waals surface area (Å²) in [5, 5.41) is 0. The molecule has 5 heteroatoms. The Kier molecular flexibility index (Phi) is 5.56. The monoisotopic (exact) mass is 227 g/mol. The van der Waals surface area contributed by atoms with Crippen LogP contribution in [0.3, 0.4) is 0 Å². The lowest BCUT2D eigenvalue weighted by Crippen LogP contribution is -2.32. The fourth-order valence-corrected chi connectivity index (χ4v) is 1.26. The number of carbonyl (C=O) groups excluding carboxylic acids is 1. The number of aryl methyl sites for hydroxylation is 1. The number of imidazole rings is 1. The van der Waals surface area contributed by atoms with Gasteiger partial charge in [0.15, 0.2) is 0 Å². The first-order valence-electron chi connectivity index (χ1n) is 5.49. The third-order valence-corrected chi connectivity index (χ3v) is 2.12. The van der Waals surface area contributed by atoms with Crippen LogP contribution in [0.5, 0.6) is 0 Å². The Balaban J connectivity index is 2.14. The quantitative estimate of drug-likeness (QED) is 0.415. The molecule has 0 unspecified atom stereocenters. The van der Waals surface area contributed by atoms with Gasteiger partial charge in [-0.1, -0.05) is 6.92 Å². The van der Waals surface area contributed by atoms with E-state index in [1.54, 1.807) is 6.20 Å². The van der Waals surface area contributed by atoms with Gasteiger partial charge in [-0.25, -0.2) is 9.55 Å². The lowest BCUT2D eigenvalue weighted by atomic mass is 10.4. The molecule has 0 aliphatic rings. The molecular weight excluding hydrogens is 208 g/mol. The van der Waals surface area contributed by atoms with Crippen LogP contribution in [-0.4, -0.2) is 30.8 Å². The third-order valence-electron chi connectivity index (χ3n) is 2.12. The van der Waals surface area contributed by atoms with E-state index in [1.165, 1.54) is 0 Å². The second kappa shape index (κ2) is 7.00. The number of rotatable bonds is 7. The zero-order chi connectivity index (χ0) is 11.8. The van der Waals surface area contributed by atoms with Gasteiger partial charge in [-0.2, -0.15) is 0 Å². The van der Waals surface area contributed by atoms with Crippen molar-refractivity contribution in [2.75, 3.05) is 19.8 Å². The minimum atomic E-state index is -0.238. The smallest absolute Gasteiger partial charge is 0.318 e. The van der Waals surface area contributed by atoms with Crippen molar-refractivity contribution in [1.82, 2.24) is 4.98 Å². The number of ether oxygens (including phenoxy) is 2. The zero-order valence-electron chi connectivity index (χ0n) is 9.86. The van der Waals surface area contributed by atoms with Gasteiger partial charge >= 0.3 is 5.97 Å². The molecule has 1 heterocycles. The van der Waals surface area contributed by atoms with Crippen molar-refractivity contribution in [3.05, 3.63) is 18.2 Å². The largest absolute Gasteiger partial charge is 0.463 e. The fourth-order valence-electron chi connectivity index (χ4n) is 1.26. The summed E-state index contributed by atoms with van der Waals surface area (Å²) in [5.41, 5.74) is 0. The Bertz CT molecular complexity index is 323. The molecule has 0 bridgehead atoms. The number of hydrogen-bond donors (Lipinski definition) is 1. The number of carbonyl (C=O) groups is 1. The first-order chi connectivity index (χ1) is 7.74. The molecule has 1 N–H and O–H groups in total. The Morgan fingerprint density at radius 1 is 1.44 bits per heavy atom. The van der Waals surface area contributed by atoms with Gasteiger partial charge < -0.3 is 9.47 Å². The SMILES string of the molecule is CCCOCCOC(=O)Cc1[nH]cc[n+]1C. The summed E-state index contributed by atoms with van der Waals surface area (Å²) >= 11 is 0. The highest BCUT2D eigenvalue weighted by Crippen LogP contribution is 1.91. The van der Waals surface area contributed by atoms with Crippen LogP contribution >= 0.6 is 0 Å². The van der Waals surface area contributed by atoms with Crippen LogP contribution in [0.15, 0.2) is 12.4 Å². The molecule has 0 aliphatic carbocycles. The summed E-state index contributed by atoms with van der Waals surface area (Å²) in [6, 6.07) is 0.